The minimum atomic E-state index is -0.834. The lowest BCUT2D eigenvalue weighted by atomic mass is 9.90. The van der Waals surface area contributed by atoms with E-state index in [0.29, 0.717) is 24.2 Å². The van der Waals surface area contributed by atoms with Crippen LogP contribution < -0.4 is 10.2 Å². The lowest BCUT2D eigenvalue weighted by Gasteiger charge is -2.33. The van der Waals surface area contributed by atoms with Gasteiger partial charge in [-0.05, 0) is 31.4 Å². The molecule has 2 atom stereocenters. The molecule has 0 bridgehead atoms. The van der Waals surface area contributed by atoms with Gasteiger partial charge in [-0.3, -0.25) is 9.69 Å². The normalized spacial score (nSPS) is 19.1. The van der Waals surface area contributed by atoms with Crippen LogP contribution in [0.4, 0.5) is 10.5 Å². The van der Waals surface area contributed by atoms with Crippen LogP contribution in [0.3, 0.4) is 0 Å². The second-order valence-corrected chi connectivity index (χ2v) is 5.15. The summed E-state index contributed by atoms with van der Waals surface area (Å²) in [6, 6.07) is 7.18. The number of carbonyl (C=O) groups is 2. The fourth-order valence-electron chi connectivity index (χ4n) is 2.42. The van der Waals surface area contributed by atoms with Gasteiger partial charge in [-0.1, -0.05) is 25.1 Å². The standard InChI is InChI=1S/C15H20N2O3/c1-3-10(2)16-15(20)17-9-8-12(14(18)19)11-6-4-5-7-13(11)17/h4-7,10,12H,3,8-9H2,1-2H3,(H,16,20)(H,18,19). The third-order valence-electron chi connectivity index (χ3n) is 3.77. The van der Waals surface area contributed by atoms with E-state index in [9.17, 15) is 14.7 Å². The van der Waals surface area contributed by atoms with Gasteiger partial charge in [-0.15, -0.1) is 0 Å². The number of para-hydroxylation sites is 1. The Balaban J connectivity index is 2.27. The van der Waals surface area contributed by atoms with Gasteiger partial charge < -0.3 is 10.4 Å². The summed E-state index contributed by atoms with van der Waals surface area (Å²) in [5.74, 6) is -1.36. The number of benzene rings is 1. The molecule has 0 saturated carbocycles. The maximum absolute atomic E-state index is 12.3. The number of rotatable bonds is 3. The average molecular weight is 276 g/mol. The second-order valence-electron chi connectivity index (χ2n) is 5.15. The first-order chi connectivity index (χ1) is 9.54. The molecule has 0 aliphatic carbocycles. The molecule has 2 N–H and O–H groups in total. The van der Waals surface area contributed by atoms with Crippen LogP contribution in [0.25, 0.3) is 0 Å². The number of amides is 2. The van der Waals surface area contributed by atoms with E-state index in [1.54, 1.807) is 17.0 Å². The SMILES string of the molecule is CCC(C)NC(=O)N1CCC(C(=O)O)c2ccccc21. The van der Waals surface area contributed by atoms with E-state index in [1.807, 2.05) is 26.0 Å². The lowest BCUT2D eigenvalue weighted by Crippen LogP contribution is -2.46. The zero-order valence-electron chi connectivity index (χ0n) is 11.8. The summed E-state index contributed by atoms with van der Waals surface area (Å²) in [6.45, 7) is 4.39. The highest BCUT2D eigenvalue weighted by Gasteiger charge is 2.32. The molecule has 1 aliphatic rings. The summed E-state index contributed by atoms with van der Waals surface area (Å²) >= 11 is 0. The van der Waals surface area contributed by atoms with E-state index in [4.69, 9.17) is 0 Å². The highest BCUT2D eigenvalue weighted by molar-refractivity contribution is 5.95. The summed E-state index contributed by atoms with van der Waals surface area (Å²) in [7, 11) is 0. The highest BCUT2D eigenvalue weighted by atomic mass is 16.4. The molecule has 0 spiro atoms. The lowest BCUT2D eigenvalue weighted by molar-refractivity contribution is -0.139. The molecule has 2 unspecified atom stereocenters. The van der Waals surface area contributed by atoms with Crippen molar-refractivity contribution < 1.29 is 14.7 Å². The first-order valence-corrected chi connectivity index (χ1v) is 6.94. The van der Waals surface area contributed by atoms with Crippen molar-refractivity contribution in [1.82, 2.24) is 5.32 Å². The van der Waals surface area contributed by atoms with Gasteiger partial charge in [0.2, 0.25) is 0 Å². The topological polar surface area (TPSA) is 69.6 Å². The number of anilines is 1. The van der Waals surface area contributed by atoms with E-state index in [1.165, 1.54) is 0 Å². The zero-order valence-corrected chi connectivity index (χ0v) is 11.8. The Labute approximate surface area is 118 Å². The van der Waals surface area contributed by atoms with Gasteiger partial charge in [-0.2, -0.15) is 0 Å². The monoisotopic (exact) mass is 276 g/mol. The molecule has 0 radical (unpaired) electrons. The van der Waals surface area contributed by atoms with E-state index < -0.39 is 11.9 Å². The van der Waals surface area contributed by atoms with Crippen LogP contribution in [0.15, 0.2) is 24.3 Å². The Kier molecular flexibility index (Phi) is 4.27. The number of carbonyl (C=O) groups excluding carboxylic acids is 1. The Bertz CT molecular complexity index is 516. The molecule has 108 valence electrons. The van der Waals surface area contributed by atoms with E-state index >= 15 is 0 Å². The molecule has 5 heteroatoms. The summed E-state index contributed by atoms with van der Waals surface area (Å²) in [5, 5.41) is 12.2. The van der Waals surface area contributed by atoms with Gasteiger partial charge >= 0.3 is 12.0 Å². The van der Waals surface area contributed by atoms with Gasteiger partial charge in [0.05, 0.1) is 5.92 Å². The van der Waals surface area contributed by atoms with Gasteiger partial charge in [0.15, 0.2) is 0 Å². The van der Waals surface area contributed by atoms with Crippen molar-refractivity contribution in [2.75, 3.05) is 11.4 Å². The van der Waals surface area contributed by atoms with Gasteiger partial charge in [-0.25, -0.2) is 4.79 Å². The molecular formula is C15H20N2O3. The van der Waals surface area contributed by atoms with Gasteiger partial charge in [0, 0.05) is 18.3 Å². The van der Waals surface area contributed by atoms with Crippen molar-refractivity contribution in [3.8, 4) is 0 Å². The number of nitrogens with zero attached hydrogens (tertiary/aromatic N) is 1. The maximum Gasteiger partial charge on any atom is 0.322 e. The fourth-order valence-corrected chi connectivity index (χ4v) is 2.42. The van der Waals surface area contributed by atoms with Crippen molar-refractivity contribution in [3.05, 3.63) is 29.8 Å². The first kappa shape index (κ1) is 14.4. The molecule has 0 saturated heterocycles. The molecule has 5 nitrogen and oxygen atoms in total. The Morgan fingerprint density at radius 2 is 2.15 bits per heavy atom. The van der Waals surface area contributed by atoms with E-state index in [2.05, 4.69) is 5.32 Å². The van der Waals surface area contributed by atoms with Gasteiger partial charge in [0.25, 0.3) is 0 Å². The van der Waals surface area contributed by atoms with E-state index in [-0.39, 0.29) is 12.1 Å². The number of carboxylic acids is 1. The van der Waals surface area contributed by atoms with Crippen molar-refractivity contribution in [3.63, 3.8) is 0 Å². The Morgan fingerprint density at radius 1 is 1.45 bits per heavy atom. The molecule has 1 aromatic rings. The average Bonchev–Trinajstić information content (AvgIpc) is 2.45. The molecule has 2 amide bonds. The van der Waals surface area contributed by atoms with Crippen LogP contribution in [-0.4, -0.2) is 29.7 Å². The summed E-state index contributed by atoms with van der Waals surface area (Å²) in [6.07, 6.45) is 1.30. The molecule has 0 fully saturated rings. The third kappa shape index (κ3) is 2.76. The number of hydrogen-bond donors (Lipinski definition) is 2. The first-order valence-electron chi connectivity index (χ1n) is 6.94. The predicted molar refractivity (Wildman–Crippen MR) is 77.1 cm³/mol. The Morgan fingerprint density at radius 3 is 2.80 bits per heavy atom. The number of urea groups is 1. The minimum absolute atomic E-state index is 0.104. The van der Waals surface area contributed by atoms with Crippen LogP contribution in [-0.2, 0) is 4.79 Å². The zero-order chi connectivity index (χ0) is 14.7. The largest absolute Gasteiger partial charge is 0.481 e. The van der Waals surface area contributed by atoms with Crippen LogP contribution in [0, 0.1) is 0 Å². The molecule has 0 aromatic heterocycles. The van der Waals surface area contributed by atoms with Crippen LogP contribution in [0.1, 0.15) is 38.2 Å². The minimum Gasteiger partial charge on any atom is -0.481 e. The predicted octanol–water partition coefficient (Wildman–Crippen LogP) is 2.57. The maximum atomic E-state index is 12.3. The van der Waals surface area contributed by atoms with Crippen molar-refractivity contribution >= 4 is 17.7 Å². The number of hydrogen-bond acceptors (Lipinski definition) is 2. The summed E-state index contributed by atoms with van der Waals surface area (Å²) < 4.78 is 0. The van der Waals surface area contributed by atoms with E-state index in [0.717, 1.165) is 6.42 Å². The van der Waals surface area contributed by atoms with Crippen LogP contribution in [0.5, 0.6) is 0 Å². The number of fused-ring (bicyclic) bond motifs is 1. The van der Waals surface area contributed by atoms with Crippen molar-refractivity contribution in [2.45, 2.75) is 38.6 Å². The third-order valence-corrected chi connectivity index (χ3v) is 3.77. The molecule has 1 aromatic carbocycles. The fraction of sp³-hybridized carbons (Fsp3) is 0.467. The van der Waals surface area contributed by atoms with Crippen molar-refractivity contribution in [1.29, 1.82) is 0 Å². The van der Waals surface area contributed by atoms with Crippen LogP contribution in [0.2, 0.25) is 0 Å². The summed E-state index contributed by atoms with van der Waals surface area (Å²) in [5.41, 5.74) is 1.41. The molecule has 1 heterocycles. The van der Waals surface area contributed by atoms with Gasteiger partial charge in [0.1, 0.15) is 0 Å². The molecule has 20 heavy (non-hydrogen) atoms. The molecule has 1 aliphatic heterocycles. The smallest absolute Gasteiger partial charge is 0.322 e. The molecule has 2 rings (SSSR count). The Hall–Kier alpha value is -2.04. The number of carboxylic acid groups (broad SMARTS) is 1. The quantitative estimate of drug-likeness (QED) is 0.891. The second kappa shape index (κ2) is 5.94. The summed E-state index contributed by atoms with van der Waals surface area (Å²) in [4.78, 5) is 25.2. The highest BCUT2D eigenvalue weighted by Crippen LogP contribution is 2.35. The van der Waals surface area contributed by atoms with Crippen LogP contribution >= 0.6 is 0 Å². The molecular weight excluding hydrogens is 256 g/mol. The van der Waals surface area contributed by atoms with Crippen molar-refractivity contribution in [2.24, 2.45) is 0 Å². The number of aliphatic carboxylic acids is 1. The number of nitrogens with one attached hydrogen (secondary N) is 1.